The van der Waals surface area contributed by atoms with Crippen molar-refractivity contribution >= 4 is 34.7 Å². The van der Waals surface area contributed by atoms with Crippen molar-refractivity contribution in [2.75, 3.05) is 7.11 Å². The molecule has 0 saturated carbocycles. The van der Waals surface area contributed by atoms with Gasteiger partial charge in [-0.05, 0) is 25.0 Å². The lowest BCUT2D eigenvalue weighted by Gasteiger charge is -2.29. The monoisotopic (exact) mass is 328 g/mol. The third-order valence-corrected chi connectivity index (χ3v) is 4.58. The van der Waals surface area contributed by atoms with Crippen LogP contribution in [0.1, 0.15) is 32.3 Å². The number of thiocarbonyl (C=S) groups is 1. The van der Waals surface area contributed by atoms with Crippen molar-refractivity contribution in [2.24, 2.45) is 11.1 Å². The van der Waals surface area contributed by atoms with E-state index < -0.39 is 5.41 Å². The second-order valence-corrected chi connectivity index (χ2v) is 5.60. The number of nitrogens with one attached hydrogen (secondary N) is 1. The molecule has 1 rings (SSSR count). The smallest absolute Gasteiger partial charge is 0.233 e. The molecule has 0 aromatic heterocycles. The fraction of sp³-hybridized carbons (Fsp3) is 0.467. The van der Waals surface area contributed by atoms with E-state index in [1.165, 1.54) is 0 Å². The lowest BCUT2D eigenvalue weighted by atomic mass is 9.81. The number of carbonyl (C=O) groups is 1. The van der Waals surface area contributed by atoms with Gasteiger partial charge in [-0.2, -0.15) is 0 Å². The maximum absolute atomic E-state index is 12.5. The summed E-state index contributed by atoms with van der Waals surface area (Å²) in [7, 11) is 1.56. The maximum atomic E-state index is 12.5. The van der Waals surface area contributed by atoms with Crippen molar-refractivity contribution in [3.05, 3.63) is 28.8 Å². The molecule has 4 nitrogen and oxygen atoms in total. The molecule has 1 amide bonds. The van der Waals surface area contributed by atoms with Crippen LogP contribution in [0, 0.1) is 5.41 Å². The van der Waals surface area contributed by atoms with Gasteiger partial charge in [-0.1, -0.05) is 43.7 Å². The highest BCUT2D eigenvalue weighted by Crippen LogP contribution is 2.29. The van der Waals surface area contributed by atoms with Crippen molar-refractivity contribution in [3.63, 3.8) is 0 Å². The summed E-state index contributed by atoms with van der Waals surface area (Å²) in [6.45, 7) is 4.07. The zero-order chi connectivity index (χ0) is 16.0. The summed E-state index contributed by atoms with van der Waals surface area (Å²) in [5.74, 6) is 0.457. The number of methoxy groups -OCH3 is 1. The molecule has 0 radical (unpaired) electrons. The first kappa shape index (κ1) is 17.7. The zero-order valence-corrected chi connectivity index (χ0v) is 14.1. The summed E-state index contributed by atoms with van der Waals surface area (Å²) in [6.07, 6.45) is 1.12. The Morgan fingerprint density at radius 2 is 2.05 bits per heavy atom. The van der Waals surface area contributed by atoms with Gasteiger partial charge in [0.25, 0.3) is 0 Å². The Labute approximate surface area is 136 Å². The topological polar surface area (TPSA) is 64.3 Å². The molecular weight excluding hydrogens is 308 g/mol. The van der Waals surface area contributed by atoms with Crippen LogP contribution in [0.5, 0.6) is 5.75 Å². The van der Waals surface area contributed by atoms with Crippen LogP contribution in [0.4, 0.5) is 0 Å². The van der Waals surface area contributed by atoms with Gasteiger partial charge in [0.15, 0.2) is 0 Å². The maximum Gasteiger partial charge on any atom is 0.233 e. The molecule has 0 bridgehead atoms. The van der Waals surface area contributed by atoms with Gasteiger partial charge < -0.3 is 15.8 Å². The van der Waals surface area contributed by atoms with Crippen molar-refractivity contribution in [2.45, 2.75) is 33.2 Å². The number of carbonyl (C=O) groups excluding carboxylic acids is 1. The number of benzene rings is 1. The standard InChI is InChI=1S/C15H21ClN2O2S/c1-4-15(5-2,13(17)21)14(19)18-9-10-11(16)7-6-8-12(10)20-3/h6-8H,4-5,9H2,1-3H3,(H2,17,21)(H,18,19). The molecule has 0 unspecified atom stereocenters. The van der Waals surface area contributed by atoms with E-state index in [1.54, 1.807) is 25.3 Å². The first-order valence-electron chi connectivity index (χ1n) is 6.82. The van der Waals surface area contributed by atoms with Crippen molar-refractivity contribution < 1.29 is 9.53 Å². The van der Waals surface area contributed by atoms with Crippen LogP contribution < -0.4 is 15.8 Å². The van der Waals surface area contributed by atoms with Gasteiger partial charge in [-0.15, -0.1) is 0 Å². The zero-order valence-electron chi connectivity index (χ0n) is 12.5. The van der Waals surface area contributed by atoms with Crippen LogP contribution in [0.3, 0.4) is 0 Å². The normalized spacial score (nSPS) is 11.0. The number of nitrogens with two attached hydrogens (primary N) is 1. The minimum absolute atomic E-state index is 0.179. The molecule has 0 saturated heterocycles. The highest BCUT2D eigenvalue weighted by molar-refractivity contribution is 7.80. The molecular formula is C15H21ClN2O2S. The summed E-state index contributed by atoms with van der Waals surface area (Å²) in [6, 6.07) is 5.35. The summed E-state index contributed by atoms with van der Waals surface area (Å²) in [5, 5.41) is 3.41. The van der Waals surface area contributed by atoms with Crippen LogP contribution in [0.25, 0.3) is 0 Å². The predicted octanol–water partition coefficient (Wildman–Crippen LogP) is 3.06. The Balaban J connectivity index is 2.93. The van der Waals surface area contributed by atoms with Gasteiger partial charge in [-0.3, -0.25) is 4.79 Å². The van der Waals surface area contributed by atoms with E-state index in [1.807, 2.05) is 13.8 Å². The van der Waals surface area contributed by atoms with E-state index >= 15 is 0 Å². The predicted molar refractivity (Wildman–Crippen MR) is 89.7 cm³/mol. The van der Waals surface area contributed by atoms with Gasteiger partial charge in [0, 0.05) is 17.1 Å². The summed E-state index contributed by atoms with van der Waals surface area (Å²) >= 11 is 11.2. The SMILES string of the molecule is CCC(CC)(C(=O)NCc1c(Cl)cccc1OC)C(N)=S. The first-order valence-corrected chi connectivity index (χ1v) is 7.61. The fourth-order valence-electron chi connectivity index (χ4n) is 2.27. The van der Waals surface area contributed by atoms with Crippen LogP contribution in [-0.2, 0) is 11.3 Å². The average molecular weight is 329 g/mol. The van der Waals surface area contributed by atoms with Crippen LogP contribution in [0.15, 0.2) is 18.2 Å². The van der Waals surface area contributed by atoms with E-state index in [4.69, 9.17) is 34.3 Å². The van der Waals surface area contributed by atoms with Gasteiger partial charge in [0.05, 0.1) is 17.5 Å². The third kappa shape index (κ3) is 3.66. The van der Waals surface area contributed by atoms with Crippen LogP contribution in [-0.4, -0.2) is 18.0 Å². The van der Waals surface area contributed by atoms with Gasteiger partial charge in [-0.25, -0.2) is 0 Å². The van der Waals surface area contributed by atoms with Crippen LogP contribution >= 0.6 is 23.8 Å². The highest BCUT2D eigenvalue weighted by Gasteiger charge is 2.37. The Kier molecular flexibility index (Phi) is 6.42. The molecule has 0 heterocycles. The molecule has 0 aliphatic rings. The number of hydrogen-bond acceptors (Lipinski definition) is 3. The lowest BCUT2D eigenvalue weighted by molar-refractivity contribution is -0.128. The minimum Gasteiger partial charge on any atom is -0.496 e. The van der Waals surface area contributed by atoms with Crippen LogP contribution in [0.2, 0.25) is 5.02 Å². The Morgan fingerprint density at radius 3 is 2.52 bits per heavy atom. The van der Waals surface area contributed by atoms with Crippen molar-refractivity contribution in [3.8, 4) is 5.75 Å². The molecule has 1 aromatic rings. The van der Waals surface area contributed by atoms with Gasteiger partial charge in [0.1, 0.15) is 5.75 Å². The lowest BCUT2D eigenvalue weighted by Crippen LogP contribution is -2.48. The molecule has 0 aliphatic carbocycles. The molecule has 21 heavy (non-hydrogen) atoms. The number of ether oxygens (including phenoxy) is 1. The quantitative estimate of drug-likeness (QED) is 0.755. The fourth-order valence-corrected chi connectivity index (χ4v) is 2.89. The first-order chi connectivity index (χ1) is 9.92. The molecule has 0 fully saturated rings. The Bertz CT molecular complexity index is 530. The second kappa shape index (κ2) is 7.61. The minimum atomic E-state index is -0.816. The summed E-state index contributed by atoms with van der Waals surface area (Å²) < 4.78 is 5.26. The molecule has 3 N–H and O–H groups in total. The summed E-state index contributed by atoms with van der Waals surface area (Å²) in [5.41, 5.74) is 5.69. The number of halogens is 1. The van der Waals surface area contributed by atoms with E-state index in [-0.39, 0.29) is 17.4 Å². The van der Waals surface area contributed by atoms with E-state index in [0.717, 1.165) is 5.56 Å². The number of rotatable bonds is 7. The molecule has 1 aromatic carbocycles. The van der Waals surface area contributed by atoms with Crippen molar-refractivity contribution in [1.29, 1.82) is 0 Å². The van der Waals surface area contributed by atoms with Gasteiger partial charge in [0.2, 0.25) is 5.91 Å². The number of amides is 1. The summed E-state index contributed by atoms with van der Waals surface area (Å²) in [4.78, 5) is 12.7. The van der Waals surface area contributed by atoms with Gasteiger partial charge >= 0.3 is 0 Å². The molecule has 0 spiro atoms. The molecule has 6 heteroatoms. The average Bonchev–Trinajstić information content (AvgIpc) is 2.47. The highest BCUT2D eigenvalue weighted by atomic mass is 35.5. The number of hydrogen-bond donors (Lipinski definition) is 2. The van der Waals surface area contributed by atoms with E-state index in [2.05, 4.69) is 5.32 Å². The van der Waals surface area contributed by atoms with E-state index in [0.29, 0.717) is 23.6 Å². The second-order valence-electron chi connectivity index (χ2n) is 4.76. The molecule has 0 aliphatic heterocycles. The van der Waals surface area contributed by atoms with E-state index in [9.17, 15) is 4.79 Å². The molecule has 0 atom stereocenters. The Hall–Kier alpha value is -1.33. The van der Waals surface area contributed by atoms with Crippen molar-refractivity contribution in [1.82, 2.24) is 5.32 Å². The largest absolute Gasteiger partial charge is 0.496 e. The molecule has 116 valence electrons. The Morgan fingerprint density at radius 1 is 1.43 bits per heavy atom. The third-order valence-electron chi connectivity index (χ3n) is 3.83.